The minimum absolute atomic E-state index is 0.0836. The molecule has 2 rings (SSSR count). The Morgan fingerprint density at radius 3 is 2.16 bits per heavy atom. The van der Waals surface area contributed by atoms with Crippen LogP contribution in [-0.2, 0) is 0 Å². The van der Waals surface area contributed by atoms with Crippen LogP contribution in [0.2, 0.25) is 0 Å². The molecule has 0 atom stereocenters. The molecule has 0 heterocycles. The fourth-order valence-corrected chi connectivity index (χ4v) is 3.71. The number of urea groups is 1. The molecule has 0 aliphatic carbocycles. The summed E-state index contributed by atoms with van der Waals surface area (Å²) in [6, 6.07) is 4.26. The average molecular weight is 496 g/mol. The Balaban J connectivity index is 2.37. The molecule has 0 aliphatic rings. The Bertz CT molecular complexity index is 967. The highest BCUT2D eigenvalue weighted by atomic mass is 32.2. The topological polar surface area (TPSA) is 40.6 Å². The van der Waals surface area contributed by atoms with Crippen molar-refractivity contribution in [2.75, 3.05) is 30.5 Å². The van der Waals surface area contributed by atoms with Crippen molar-refractivity contribution in [2.24, 2.45) is 0 Å². The van der Waals surface area contributed by atoms with E-state index in [0.717, 1.165) is 42.3 Å². The Morgan fingerprint density at radius 1 is 1.00 bits per heavy atom. The first kappa shape index (κ1) is 25.9. The minimum atomic E-state index is -4.63. The number of imide groups is 1. The molecule has 0 spiro atoms. The van der Waals surface area contributed by atoms with Crippen molar-refractivity contribution in [3.63, 3.8) is 0 Å². The number of hydrogen-bond acceptors (Lipinski definition) is 4. The molecular formula is C20H18F6N2O2S2. The number of hydrogen-bond donors (Lipinski definition) is 0. The number of carbonyl (C=O) groups is 2. The van der Waals surface area contributed by atoms with E-state index in [4.69, 9.17) is 0 Å². The lowest BCUT2D eigenvalue weighted by Gasteiger charge is -2.28. The molecule has 2 aromatic carbocycles. The molecule has 3 amide bonds. The Labute approximate surface area is 188 Å². The van der Waals surface area contributed by atoms with Crippen LogP contribution in [0.25, 0.3) is 0 Å². The van der Waals surface area contributed by atoms with E-state index in [9.17, 15) is 35.9 Å². The molecule has 0 fully saturated rings. The first-order chi connectivity index (χ1) is 15.0. The van der Waals surface area contributed by atoms with Crippen LogP contribution >= 0.6 is 23.5 Å². The summed E-state index contributed by atoms with van der Waals surface area (Å²) >= 11 is 0.921. The maximum absolute atomic E-state index is 14.7. The third kappa shape index (κ3) is 6.58. The van der Waals surface area contributed by atoms with Gasteiger partial charge in [0.15, 0.2) is 0 Å². The smallest absolute Gasteiger partial charge is 0.291 e. The number of rotatable bonds is 7. The number of benzene rings is 2. The lowest BCUT2D eigenvalue weighted by atomic mass is 10.1. The summed E-state index contributed by atoms with van der Waals surface area (Å²) < 4.78 is 80.3. The number of anilines is 1. The lowest BCUT2D eigenvalue weighted by molar-refractivity contribution is -0.0328. The summed E-state index contributed by atoms with van der Waals surface area (Å²) in [5, 5.41) is 0. The number of thioether (sulfide) groups is 2. The quantitative estimate of drug-likeness (QED) is 0.261. The summed E-state index contributed by atoms with van der Waals surface area (Å²) in [5.74, 6) is -4.20. The van der Waals surface area contributed by atoms with Crippen LogP contribution in [0.1, 0.15) is 16.8 Å². The summed E-state index contributed by atoms with van der Waals surface area (Å²) in [7, 11) is 0.976. The van der Waals surface area contributed by atoms with Gasteiger partial charge in [-0.25, -0.2) is 18.0 Å². The van der Waals surface area contributed by atoms with E-state index < -0.39 is 57.1 Å². The number of amides is 3. The lowest BCUT2D eigenvalue weighted by Crippen LogP contribution is -2.45. The Hall–Kier alpha value is -2.34. The van der Waals surface area contributed by atoms with E-state index >= 15 is 0 Å². The average Bonchev–Trinajstić information content (AvgIpc) is 2.69. The highest BCUT2D eigenvalue weighted by Gasteiger charge is 2.32. The molecular weight excluding hydrogens is 478 g/mol. The van der Waals surface area contributed by atoms with Crippen LogP contribution in [0.15, 0.2) is 41.3 Å². The second kappa shape index (κ2) is 11.0. The highest BCUT2D eigenvalue weighted by Crippen LogP contribution is 2.38. The Morgan fingerprint density at radius 2 is 1.62 bits per heavy atom. The van der Waals surface area contributed by atoms with E-state index in [1.165, 1.54) is 11.8 Å². The van der Waals surface area contributed by atoms with Gasteiger partial charge in [-0.2, -0.15) is 24.9 Å². The number of nitrogens with zero attached hydrogens (tertiary/aromatic N) is 2. The van der Waals surface area contributed by atoms with Gasteiger partial charge < -0.3 is 0 Å². The molecule has 4 nitrogen and oxygen atoms in total. The van der Waals surface area contributed by atoms with Crippen molar-refractivity contribution in [3.05, 3.63) is 59.4 Å². The van der Waals surface area contributed by atoms with Gasteiger partial charge in [0.05, 0.1) is 5.69 Å². The number of alkyl halides is 3. The molecule has 0 saturated heterocycles. The molecule has 0 radical (unpaired) electrons. The third-order valence-electron chi connectivity index (χ3n) is 4.17. The van der Waals surface area contributed by atoms with Gasteiger partial charge in [0.25, 0.3) is 5.91 Å². The number of halogens is 6. The number of carbonyl (C=O) groups excluding carboxylic acids is 2. The molecule has 0 N–H and O–H groups in total. The molecule has 0 aliphatic heterocycles. The van der Waals surface area contributed by atoms with Crippen molar-refractivity contribution < 1.29 is 35.9 Å². The molecule has 0 saturated carbocycles. The molecule has 12 heteroatoms. The minimum Gasteiger partial charge on any atom is -0.291 e. The third-order valence-corrected chi connectivity index (χ3v) is 5.59. The van der Waals surface area contributed by atoms with Crippen LogP contribution < -0.4 is 4.90 Å². The summed E-state index contributed by atoms with van der Waals surface area (Å²) in [6.07, 6.45) is 2.16. The van der Waals surface area contributed by atoms with Gasteiger partial charge in [0, 0.05) is 18.5 Å². The monoisotopic (exact) mass is 496 g/mol. The summed E-state index contributed by atoms with van der Waals surface area (Å²) in [4.78, 5) is 26.4. The fourth-order valence-electron chi connectivity index (χ4n) is 2.73. The van der Waals surface area contributed by atoms with E-state index in [2.05, 4.69) is 0 Å². The summed E-state index contributed by atoms with van der Waals surface area (Å²) in [5.41, 5.74) is -5.95. The van der Waals surface area contributed by atoms with Gasteiger partial charge in [0.1, 0.15) is 23.0 Å². The molecule has 32 heavy (non-hydrogen) atoms. The van der Waals surface area contributed by atoms with E-state index in [0.29, 0.717) is 23.1 Å². The SMILES string of the molecule is CSCCCN(C(=O)N(C)C(=O)c1c(F)cccc1F)c1ccc(SC(F)(F)F)cc1F. The molecule has 174 valence electrons. The van der Waals surface area contributed by atoms with Gasteiger partial charge in [-0.15, -0.1) is 0 Å². The second-order valence-corrected chi connectivity index (χ2v) is 8.53. The first-order valence-electron chi connectivity index (χ1n) is 9.04. The molecule has 0 aromatic heterocycles. The van der Waals surface area contributed by atoms with Crippen LogP contribution in [-0.4, -0.2) is 47.9 Å². The molecule has 2 aromatic rings. The predicted molar refractivity (Wildman–Crippen MR) is 113 cm³/mol. The largest absolute Gasteiger partial charge is 0.446 e. The van der Waals surface area contributed by atoms with E-state index in [-0.39, 0.29) is 12.2 Å². The van der Waals surface area contributed by atoms with E-state index in [1.54, 1.807) is 6.26 Å². The van der Waals surface area contributed by atoms with Crippen LogP contribution in [0.3, 0.4) is 0 Å². The van der Waals surface area contributed by atoms with Gasteiger partial charge in [-0.3, -0.25) is 14.6 Å². The van der Waals surface area contributed by atoms with Crippen molar-refractivity contribution in [1.29, 1.82) is 0 Å². The zero-order valence-corrected chi connectivity index (χ0v) is 18.5. The second-order valence-electron chi connectivity index (χ2n) is 6.40. The maximum Gasteiger partial charge on any atom is 0.446 e. The Kier molecular flexibility index (Phi) is 8.90. The maximum atomic E-state index is 14.7. The van der Waals surface area contributed by atoms with Crippen molar-refractivity contribution in [3.8, 4) is 0 Å². The van der Waals surface area contributed by atoms with Gasteiger partial charge in [-0.1, -0.05) is 6.07 Å². The van der Waals surface area contributed by atoms with Crippen LogP contribution in [0.5, 0.6) is 0 Å². The predicted octanol–water partition coefficient (Wildman–Crippen LogP) is 6.17. The highest BCUT2D eigenvalue weighted by molar-refractivity contribution is 8.00. The van der Waals surface area contributed by atoms with Crippen molar-refractivity contribution >= 4 is 41.1 Å². The molecule has 0 unspecified atom stereocenters. The summed E-state index contributed by atoms with van der Waals surface area (Å²) in [6.45, 7) is -0.0836. The van der Waals surface area contributed by atoms with Crippen LogP contribution in [0, 0.1) is 17.5 Å². The fraction of sp³-hybridized carbons (Fsp3) is 0.300. The van der Waals surface area contributed by atoms with E-state index in [1.807, 2.05) is 0 Å². The van der Waals surface area contributed by atoms with Gasteiger partial charge in [0.2, 0.25) is 0 Å². The van der Waals surface area contributed by atoms with Gasteiger partial charge in [-0.05, 0) is 60.5 Å². The zero-order chi connectivity index (χ0) is 24.1. The van der Waals surface area contributed by atoms with Crippen molar-refractivity contribution in [1.82, 2.24) is 4.90 Å². The molecule has 0 bridgehead atoms. The van der Waals surface area contributed by atoms with Crippen molar-refractivity contribution in [2.45, 2.75) is 16.8 Å². The van der Waals surface area contributed by atoms with Crippen LogP contribution in [0.4, 0.5) is 36.8 Å². The normalized spacial score (nSPS) is 11.4. The first-order valence-corrected chi connectivity index (χ1v) is 11.2. The van der Waals surface area contributed by atoms with Gasteiger partial charge >= 0.3 is 11.5 Å². The standard InChI is InChI=1S/C20H18F6N2O2S2/c1-27(18(29)17-13(21)5-3-6-14(17)22)19(30)28(9-4-10-31-2)16-8-7-12(11-15(16)23)32-20(24,25)26/h3,5-8,11H,4,9-10H2,1-2H3. The zero-order valence-electron chi connectivity index (χ0n) is 16.9.